The van der Waals surface area contributed by atoms with Crippen molar-refractivity contribution >= 4 is 22.7 Å². The molecule has 3 rings (SSSR count). The minimum atomic E-state index is -1.97. The van der Waals surface area contributed by atoms with Crippen LogP contribution in [0.1, 0.15) is 25.3 Å². The molecular formula is C18H19NO3S. The van der Waals surface area contributed by atoms with Crippen LogP contribution in [0.15, 0.2) is 59.5 Å². The molecule has 0 radical (unpaired) electrons. The van der Waals surface area contributed by atoms with Crippen LogP contribution < -0.4 is 5.32 Å². The predicted octanol–water partition coefficient (Wildman–Crippen LogP) is 3.65. The van der Waals surface area contributed by atoms with Gasteiger partial charge in [-0.3, -0.25) is 4.79 Å². The molecule has 1 fully saturated rings. The van der Waals surface area contributed by atoms with Crippen LogP contribution in [0.4, 0.5) is 5.69 Å². The van der Waals surface area contributed by atoms with E-state index in [9.17, 15) is 9.00 Å². The van der Waals surface area contributed by atoms with Crippen LogP contribution in [0.5, 0.6) is 0 Å². The Morgan fingerprint density at radius 1 is 1.09 bits per heavy atom. The van der Waals surface area contributed by atoms with Crippen molar-refractivity contribution in [1.29, 1.82) is 0 Å². The van der Waals surface area contributed by atoms with Gasteiger partial charge in [-0.2, -0.15) is 0 Å². The molecule has 3 atom stereocenters. The monoisotopic (exact) mass is 329 g/mol. The van der Waals surface area contributed by atoms with Crippen molar-refractivity contribution in [1.82, 2.24) is 0 Å². The molecule has 5 heteroatoms. The third kappa shape index (κ3) is 3.07. The largest absolute Gasteiger partial charge is 0.326 e. The number of benzene rings is 2. The van der Waals surface area contributed by atoms with E-state index in [2.05, 4.69) is 19.2 Å². The number of rotatable bonds is 4. The fourth-order valence-electron chi connectivity index (χ4n) is 3.28. The molecule has 1 saturated carbocycles. The number of nitrogens with one attached hydrogen (secondary N) is 1. The molecule has 2 aromatic carbocycles. The molecule has 2 N–H and O–H groups in total. The van der Waals surface area contributed by atoms with Crippen LogP contribution in [-0.2, 0) is 15.9 Å². The Morgan fingerprint density at radius 2 is 1.70 bits per heavy atom. The second kappa shape index (κ2) is 5.91. The lowest BCUT2D eigenvalue weighted by molar-refractivity contribution is -0.118. The standard InChI is InChI=1S/C18H19NO3S/c1-18(2)15(12-8-10-14(11-9-12)23(21)22)16(18)17(20)19-13-6-4-3-5-7-13/h3-11,15-16H,1-2H3,(H,19,20)(H,21,22). The summed E-state index contributed by atoms with van der Waals surface area (Å²) in [5.74, 6) is 0.0292. The van der Waals surface area contributed by atoms with Crippen LogP contribution in [0.3, 0.4) is 0 Å². The molecule has 0 saturated heterocycles. The summed E-state index contributed by atoms with van der Waals surface area (Å²) in [6.45, 7) is 4.15. The van der Waals surface area contributed by atoms with Gasteiger partial charge in [0.05, 0.1) is 10.8 Å². The van der Waals surface area contributed by atoms with Gasteiger partial charge in [-0.25, -0.2) is 4.21 Å². The van der Waals surface area contributed by atoms with Crippen molar-refractivity contribution in [2.24, 2.45) is 11.3 Å². The van der Waals surface area contributed by atoms with E-state index in [1.54, 1.807) is 12.1 Å². The molecule has 2 aromatic rings. The van der Waals surface area contributed by atoms with Gasteiger partial charge in [0, 0.05) is 11.6 Å². The van der Waals surface area contributed by atoms with Crippen molar-refractivity contribution in [3.8, 4) is 0 Å². The van der Waals surface area contributed by atoms with Crippen molar-refractivity contribution in [3.63, 3.8) is 0 Å². The molecule has 0 spiro atoms. The lowest BCUT2D eigenvalue weighted by Gasteiger charge is -2.05. The van der Waals surface area contributed by atoms with Gasteiger partial charge in [-0.1, -0.05) is 44.2 Å². The highest BCUT2D eigenvalue weighted by atomic mass is 32.2. The Labute approximate surface area is 138 Å². The van der Waals surface area contributed by atoms with Crippen molar-refractivity contribution < 1.29 is 13.6 Å². The number of carbonyl (C=O) groups excluding carboxylic acids is 1. The Bertz CT molecular complexity index is 741. The van der Waals surface area contributed by atoms with E-state index in [0.29, 0.717) is 4.90 Å². The summed E-state index contributed by atoms with van der Waals surface area (Å²) in [5.41, 5.74) is 1.70. The Morgan fingerprint density at radius 3 is 2.26 bits per heavy atom. The van der Waals surface area contributed by atoms with E-state index < -0.39 is 11.1 Å². The summed E-state index contributed by atoms with van der Waals surface area (Å²) in [6, 6.07) is 16.4. The molecule has 0 bridgehead atoms. The van der Waals surface area contributed by atoms with Crippen molar-refractivity contribution in [3.05, 3.63) is 60.2 Å². The minimum absolute atomic E-state index is 0.0148. The van der Waals surface area contributed by atoms with Crippen LogP contribution in [0.25, 0.3) is 0 Å². The number of hydrogen-bond acceptors (Lipinski definition) is 2. The Balaban J connectivity index is 1.76. The van der Waals surface area contributed by atoms with Crippen molar-refractivity contribution in [2.75, 3.05) is 5.32 Å². The van der Waals surface area contributed by atoms with Gasteiger partial charge < -0.3 is 9.87 Å². The van der Waals surface area contributed by atoms with E-state index in [4.69, 9.17) is 4.55 Å². The maximum atomic E-state index is 12.5. The first-order chi connectivity index (χ1) is 10.9. The Hall–Kier alpha value is -1.98. The molecule has 4 nitrogen and oxygen atoms in total. The lowest BCUT2D eigenvalue weighted by Crippen LogP contribution is -2.16. The second-order valence-electron chi connectivity index (χ2n) is 6.45. The van der Waals surface area contributed by atoms with E-state index in [1.165, 1.54) is 0 Å². The zero-order valence-corrected chi connectivity index (χ0v) is 13.8. The summed E-state index contributed by atoms with van der Waals surface area (Å²) in [7, 11) is 0. The summed E-state index contributed by atoms with van der Waals surface area (Å²) < 4.78 is 20.1. The van der Waals surface area contributed by atoms with Gasteiger partial charge in [-0.05, 0) is 35.2 Å². The highest BCUT2D eigenvalue weighted by Gasteiger charge is 2.62. The number of amides is 1. The Kier molecular flexibility index (Phi) is 4.08. The summed E-state index contributed by atoms with van der Waals surface area (Å²) >= 11 is -1.97. The predicted molar refractivity (Wildman–Crippen MR) is 90.6 cm³/mol. The quantitative estimate of drug-likeness (QED) is 0.842. The summed E-state index contributed by atoms with van der Waals surface area (Å²) in [5, 5.41) is 2.96. The number of para-hydroxylation sites is 1. The first-order valence-corrected chi connectivity index (χ1v) is 8.58. The van der Waals surface area contributed by atoms with Gasteiger partial charge in [0.25, 0.3) is 0 Å². The van der Waals surface area contributed by atoms with Gasteiger partial charge in [0.2, 0.25) is 5.91 Å². The molecule has 0 aliphatic heterocycles. The molecular weight excluding hydrogens is 310 g/mol. The fourth-order valence-corrected chi connectivity index (χ4v) is 3.65. The first kappa shape index (κ1) is 15.9. The van der Waals surface area contributed by atoms with Gasteiger partial charge in [0.15, 0.2) is 11.1 Å². The zero-order valence-electron chi connectivity index (χ0n) is 13.0. The molecule has 1 aliphatic rings. The van der Waals surface area contributed by atoms with Crippen LogP contribution in [0, 0.1) is 11.3 Å². The van der Waals surface area contributed by atoms with E-state index in [1.807, 2.05) is 42.5 Å². The van der Waals surface area contributed by atoms with Crippen LogP contribution >= 0.6 is 0 Å². The average Bonchev–Trinajstić information content (AvgIpc) is 3.11. The molecule has 1 aliphatic carbocycles. The van der Waals surface area contributed by atoms with E-state index >= 15 is 0 Å². The SMILES string of the molecule is CC1(C)C(C(=O)Nc2ccccc2)C1c1ccc(S(=O)O)cc1. The highest BCUT2D eigenvalue weighted by molar-refractivity contribution is 7.79. The lowest BCUT2D eigenvalue weighted by atomic mass is 10.0. The molecule has 0 aromatic heterocycles. The smallest absolute Gasteiger partial charge is 0.228 e. The van der Waals surface area contributed by atoms with E-state index in [-0.39, 0.29) is 23.2 Å². The number of hydrogen-bond donors (Lipinski definition) is 2. The fraction of sp³-hybridized carbons (Fsp3) is 0.278. The molecule has 23 heavy (non-hydrogen) atoms. The topological polar surface area (TPSA) is 66.4 Å². The highest BCUT2D eigenvalue weighted by Crippen LogP contribution is 2.64. The average molecular weight is 329 g/mol. The third-order valence-electron chi connectivity index (χ3n) is 4.59. The normalized spacial score (nSPS) is 23.1. The van der Waals surface area contributed by atoms with Gasteiger partial charge in [0.1, 0.15) is 0 Å². The molecule has 3 unspecified atom stereocenters. The molecule has 1 amide bonds. The maximum absolute atomic E-state index is 12.5. The third-order valence-corrected chi connectivity index (χ3v) is 5.27. The van der Waals surface area contributed by atoms with E-state index in [0.717, 1.165) is 11.3 Å². The van der Waals surface area contributed by atoms with Crippen LogP contribution in [0.2, 0.25) is 0 Å². The minimum Gasteiger partial charge on any atom is -0.326 e. The summed E-state index contributed by atoms with van der Waals surface area (Å²) in [6.07, 6.45) is 0. The molecule has 120 valence electrons. The summed E-state index contributed by atoms with van der Waals surface area (Å²) in [4.78, 5) is 12.9. The van der Waals surface area contributed by atoms with Crippen molar-refractivity contribution in [2.45, 2.75) is 24.7 Å². The molecule has 0 heterocycles. The first-order valence-electron chi connectivity index (χ1n) is 7.48. The number of carbonyl (C=O) groups is 1. The maximum Gasteiger partial charge on any atom is 0.228 e. The number of anilines is 1. The second-order valence-corrected chi connectivity index (χ2v) is 7.42. The zero-order chi connectivity index (χ0) is 16.6. The van der Waals surface area contributed by atoms with Gasteiger partial charge >= 0.3 is 0 Å². The van der Waals surface area contributed by atoms with Gasteiger partial charge in [-0.15, -0.1) is 0 Å². The van der Waals surface area contributed by atoms with Crippen LogP contribution in [-0.4, -0.2) is 14.7 Å².